The minimum absolute atomic E-state index is 0.0392. The third kappa shape index (κ3) is 3.96. The molecule has 1 aliphatic rings. The molecule has 170 valence electrons. The average molecular weight is 461 g/mol. The zero-order chi connectivity index (χ0) is 23.7. The van der Waals surface area contributed by atoms with Gasteiger partial charge in [-0.2, -0.15) is 4.72 Å². The van der Waals surface area contributed by atoms with Gasteiger partial charge >= 0.3 is 5.97 Å². The van der Waals surface area contributed by atoms with Crippen molar-refractivity contribution in [2.45, 2.75) is 42.7 Å². The second-order valence-corrected chi connectivity index (χ2v) is 9.55. The number of carboxylic acid groups (broad SMARTS) is 1. The van der Waals surface area contributed by atoms with Crippen molar-refractivity contribution in [3.05, 3.63) is 70.3 Å². The molecule has 1 heterocycles. The molecular formula is C21H23N3O7S. The smallest absolute Gasteiger partial charge is 0.329 e. The second-order valence-electron chi connectivity index (χ2n) is 7.90. The topological polar surface area (TPSA) is 147 Å². The highest BCUT2D eigenvalue weighted by Crippen LogP contribution is 2.37. The van der Waals surface area contributed by atoms with Gasteiger partial charge in [-0.05, 0) is 25.0 Å². The van der Waals surface area contributed by atoms with E-state index in [9.17, 15) is 33.2 Å². The molecule has 0 spiro atoms. The summed E-state index contributed by atoms with van der Waals surface area (Å²) in [6.45, 7) is 2.82. The van der Waals surface area contributed by atoms with Gasteiger partial charge in [0, 0.05) is 12.5 Å². The van der Waals surface area contributed by atoms with Crippen molar-refractivity contribution in [3.8, 4) is 0 Å². The molecule has 32 heavy (non-hydrogen) atoms. The molecule has 2 aromatic carbocycles. The first-order valence-electron chi connectivity index (χ1n) is 9.83. The number of nitrogens with one attached hydrogen (secondary N) is 1. The van der Waals surface area contributed by atoms with Crippen LogP contribution in [0, 0.1) is 10.1 Å². The summed E-state index contributed by atoms with van der Waals surface area (Å²) in [7, 11) is -4.49. The number of sulfonamides is 1. The lowest BCUT2D eigenvalue weighted by atomic mass is 9.78. The van der Waals surface area contributed by atoms with E-state index in [-0.39, 0.29) is 19.4 Å². The van der Waals surface area contributed by atoms with Crippen molar-refractivity contribution < 1.29 is 28.0 Å². The number of amides is 1. The monoisotopic (exact) mass is 461 g/mol. The third-order valence-electron chi connectivity index (χ3n) is 5.86. The summed E-state index contributed by atoms with van der Waals surface area (Å²) < 4.78 is 28.7. The number of likely N-dealkylation sites (tertiary alicyclic amines) is 1. The van der Waals surface area contributed by atoms with Gasteiger partial charge in [-0.25, -0.2) is 13.2 Å². The average Bonchev–Trinajstić information content (AvgIpc) is 2.76. The molecule has 0 saturated carbocycles. The van der Waals surface area contributed by atoms with Crippen molar-refractivity contribution in [3.63, 3.8) is 0 Å². The number of carboxylic acids is 1. The van der Waals surface area contributed by atoms with Crippen LogP contribution in [0.4, 0.5) is 5.69 Å². The molecule has 3 rings (SSSR count). The maximum atomic E-state index is 13.3. The molecule has 1 saturated heterocycles. The van der Waals surface area contributed by atoms with Crippen LogP contribution >= 0.6 is 0 Å². The van der Waals surface area contributed by atoms with Crippen LogP contribution in [0.15, 0.2) is 59.5 Å². The Balaban J connectivity index is 2.03. The van der Waals surface area contributed by atoms with Gasteiger partial charge in [-0.3, -0.25) is 14.9 Å². The number of nitro benzene ring substituents is 1. The SMILES string of the molecule is CC[C@@](C)(C(=O)O)N1CC(Cc2ccccc2)(NS(=O)(=O)c2ccccc2[N+](=O)[O-])C1=O. The van der Waals surface area contributed by atoms with Gasteiger partial charge < -0.3 is 10.0 Å². The highest BCUT2D eigenvalue weighted by atomic mass is 32.2. The number of rotatable bonds is 9. The van der Waals surface area contributed by atoms with Crippen LogP contribution in [0.25, 0.3) is 0 Å². The Bertz CT molecular complexity index is 1170. The van der Waals surface area contributed by atoms with E-state index in [0.29, 0.717) is 5.56 Å². The molecule has 0 bridgehead atoms. The number of hydrogen-bond acceptors (Lipinski definition) is 6. The van der Waals surface area contributed by atoms with Crippen LogP contribution in [0.1, 0.15) is 25.8 Å². The van der Waals surface area contributed by atoms with Crippen molar-refractivity contribution in [2.75, 3.05) is 6.54 Å². The number of β-lactam (4-membered cyclic amide) rings is 1. The van der Waals surface area contributed by atoms with Crippen LogP contribution in [0.5, 0.6) is 0 Å². The summed E-state index contributed by atoms with van der Waals surface area (Å²) in [5.41, 5.74) is -3.15. The predicted molar refractivity (Wildman–Crippen MR) is 114 cm³/mol. The lowest BCUT2D eigenvalue weighted by molar-refractivity contribution is -0.387. The highest BCUT2D eigenvalue weighted by Gasteiger charge is 2.61. The molecule has 0 aromatic heterocycles. The quantitative estimate of drug-likeness (QED) is 0.329. The summed E-state index contributed by atoms with van der Waals surface area (Å²) in [5, 5.41) is 21.0. The number of para-hydroxylation sites is 1. The Morgan fingerprint density at radius 3 is 2.34 bits per heavy atom. The van der Waals surface area contributed by atoms with Gasteiger partial charge in [0.05, 0.1) is 11.5 Å². The summed E-state index contributed by atoms with van der Waals surface area (Å²) in [4.78, 5) is 36.2. The lowest BCUT2D eigenvalue weighted by Crippen LogP contribution is -2.80. The molecular weight excluding hydrogens is 438 g/mol. The predicted octanol–water partition coefficient (Wildman–Crippen LogP) is 1.95. The maximum absolute atomic E-state index is 13.3. The number of carbonyl (C=O) groups excluding carboxylic acids is 1. The molecule has 1 fully saturated rings. The van der Waals surface area contributed by atoms with E-state index in [2.05, 4.69) is 4.72 Å². The normalized spacial score (nSPS) is 20.3. The fourth-order valence-corrected chi connectivity index (χ4v) is 5.29. The highest BCUT2D eigenvalue weighted by molar-refractivity contribution is 7.89. The number of nitro groups is 1. The zero-order valence-corrected chi connectivity index (χ0v) is 18.3. The molecule has 0 aliphatic carbocycles. The summed E-state index contributed by atoms with van der Waals surface area (Å²) >= 11 is 0. The van der Waals surface area contributed by atoms with Gasteiger partial charge in [-0.1, -0.05) is 49.4 Å². The fraction of sp³-hybridized carbons (Fsp3) is 0.333. The Morgan fingerprint density at radius 2 is 1.81 bits per heavy atom. The van der Waals surface area contributed by atoms with E-state index in [1.54, 1.807) is 37.3 Å². The Morgan fingerprint density at radius 1 is 1.22 bits per heavy atom. The number of benzene rings is 2. The summed E-state index contributed by atoms with van der Waals surface area (Å²) in [6, 6.07) is 13.5. The minimum atomic E-state index is -4.49. The van der Waals surface area contributed by atoms with E-state index in [0.717, 1.165) is 17.0 Å². The van der Waals surface area contributed by atoms with E-state index in [4.69, 9.17) is 0 Å². The minimum Gasteiger partial charge on any atom is -0.480 e. The number of carbonyl (C=O) groups is 2. The van der Waals surface area contributed by atoms with Crippen LogP contribution in [-0.4, -0.2) is 52.8 Å². The van der Waals surface area contributed by atoms with Gasteiger partial charge in [0.1, 0.15) is 11.1 Å². The summed E-state index contributed by atoms with van der Waals surface area (Å²) in [6.07, 6.45) is 0.0782. The van der Waals surface area contributed by atoms with E-state index < -0.39 is 48.5 Å². The Kier molecular flexibility index (Phi) is 6.07. The molecule has 10 nitrogen and oxygen atoms in total. The standard InChI is InChI=1S/C21H23N3O7S/c1-3-20(2,19(26)27)23-14-21(18(23)25,13-15-9-5-4-6-10-15)22-32(30,31)17-12-8-7-11-16(17)24(28)29/h4-12,22H,3,13-14H2,1-2H3,(H,26,27)/t20-,21?/m0/s1. The first-order valence-corrected chi connectivity index (χ1v) is 11.3. The lowest BCUT2D eigenvalue weighted by Gasteiger charge is -2.54. The van der Waals surface area contributed by atoms with Gasteiger partial charge in [-0.15, -0.1) is 0 Å². The first-order chi connectivity index (χ1) is 15.0. The van der Waals surface area contributed by atoms with Crippen molar-refractivity contribution >= 4 is 27.6 Å². The van der Waals surface area contributed by atoms with Crippen LogP contribution in [0.3, 0.4) is 0 Å². The van der Waals surface area contributed by atoms with Gasteiger partial charge in [0.25, 0.3) is 5.69 Å². The number of hydrogen-bond donors (Lipinski definition) is 2. The largest absolute Gasteiger partial charge is 0.480 e. The van der Waals surface area contributed by atoms with Gasteiger partial charge in [0.15, 0.2) is 4.90 Å². The van der Waals surface area contributed by atoms with Crippen LogP contribution in [0.2, 0.25) is 0 Å². The van der Waals surface area contributed by atoms with E-state index >= 15 is 0 Å². The number of nitrogens with zero attached hydrogens (tertiary/aromatic N) is 2. The molecule has 2 atom stereocenters. The molecule has 1 aliphatic heterocycles. The fourth-order valence-electron chi connectivity index (χ4n) is 3.77. The Labute approximate surface area is 185 Å². The molecule has 2 aromatic rings. The van der Waals surface area contributed by atoms with Gasteiger partial charge in [0.2, 0.25) is 15.9 Å². The van der Waals surface area contributed by atoms with Crippen LogP contribution in [-0.2, 0) is 26.0 Å². The van der Waals surface area contributed by atoms with Crippen molar-refractivity contribution in [2.24, 2.45) is 0 Å². The molecule has 2 N–H and O–H groups in total. The van der Waals surface area contributed by atoms with Crippen molar-refractivity contribution in [1.82, 2.24) is 9.62 Å². The second kappa shape index (κ2) is 8.32. The molecule has 0 radical (unpaired) electrons. The molecule has 1 unspecified atom stereocenters. The molecule has 11 heteroatoms. The first kappa shape index (κ1) is 23.4. The maximum Gasteiger partial charge on any atom is 0.329 e. The third-order valence-corrected chi connectivity index (χ3v) is 7.44. The Hall–Kier alpha value is -3.31. The molecule has 1 amide bonds. The number of aliphatic carboxylic acids is 1. The summed E-state index contributed by atoms with van der Waals surface area (Å²) in [5.74, 6) is -1.90. The van der Waals surface area contributed by atoms with Crippen LogP contribution < -0.4 is 4.72 Å². The zero-order valence-electron chi connectivity index (χ0n) is 17.5. The van der Waals surface area contributed by atoms with Crippen molar-refractivity contribution in [1.29, 1.82) is 0 Å². The van der Waals surface area contributed by atoms with E-state index in [1.807, 2.05) is 0 Å². The van der Waals surface area contributed by atoms with E-state index in [1.165, 1.54) is 19.1 Å².